The second-order valence-electron chi connectivity index (χ2n) is 8.94. The van der Waals surface area contributed by atoms with Crippen molar-refractivity contribution in [2.45, 2.75) is 26.2 Å². The lowest BCUT2D eigenvalue weighted by Gasteiger charge is -2.19. The number of benzene rings is 2. The van der Waals surface area contributed by atoms with E-state index in [1.165, 1.54) is 17.0 Å². The quantitative estimate of drug-likeness (QED) is 0.578. The Morgan fingerprint density at radius 2 is 1.66 bits per heavy atom. The van der Waals surface area contributed by atoms with E-state index in [-0.39, 0.29) is 29.2 Å². The number of fused-ring (bicyclic) bond motifs is 5. The molecule has 4 atom stereocenters. The molecule has 2 saturated carbocycles. The number of imide groups is 1. The number of amides is 3. The lowest BCUT2D eigenvalue weighted by Crippen LogP contribution is -2.32. The summed E-state index contributed by atoms with van der Waals surface area (Å²) < 4.78 is 5.10. The molecular formula is C25H24N2O5. The van der Waals surface area contributed by atoms with Crippen LogP contribution in [0.25, 0.3) is 0 Å². The number of esters is 1. The fraction of sp³-hybridized carbons (Fsp3) is 0.360. The average molecular weight is 432 g/mol. The minimum absolute atomic E-state index is 0.115. The molecule has 164 valence electrons. The van der Waals surface area contributed by atoms with Crippen molar-refractivity contribution in [3.05, 3.63) is 59.7 Å². The number of carbonyl (C=O) groups excluding carboxylic acids is 4. The summed E-state index contributed by atoms with van der Waals surface area (Å²) >= 11 is 0. The predicted octanol–water partition coefficient (Wildman–Crippen LogP) is 3.33. The van der Waals surface area contributed by atoms with E-state index in [9.17, 15) is 19.2 Å². The van der Waals surface area contributed by atoms with Crippen molar-refractivity contribution in [2.24, 2.45) is 23.7 Å². The Hall–Kier alpha value is -3.48. The van der Waals surface area contributed by atoms with Crippen LogP contribution in [0.4, 0.5) is 11.4 Å². The highest BCUT2D eigenvalue weighted by Crippen LogP contribution is 2.56. The van der Waals surface area contributed by atoms with E-state index in [1.54, 1.807) is 18.2 Å². The van der Waals surface area contributed by atoms with Gasteiger partial charge in [0.2, 0.25) is 11.8 Å². The summed E-state index contributed by atoms with van der Waals surface area (Å²) in [6.45, 7) is 1.50. The number of ether oxygens (including phenoxy) is 1. The molecule has 3 amide bonds. The molecule has 2 aliphatic carbocycles. The van der Waals surface area contributed by atoms with Crippen LogP contribution in [0.5, 0.6) is 0 Å². The Morgan fingerprint density at radius 1 is 1.00 bits per heavy atom. The zero-order valence-electron chi connectivity index (χ0n) is 17.7. The maximum absolute atomic E-state index is 12.9. The monoisotopic (exact) mass is 432 g/mol. The number of anilines is 2. The van der Waals surface area contributed by atoms with Crippen LogP contribution >= 0.6 is 0 Å². The third kappa shape index (κ3) is 3.47. The molecule has 5 rings (SSSR count). The van der Waals surface area contributed by atoms with E-state index in [4.69, 9.17) is 4.74 Å². The first kappa shape index (κ1) is 20.4. The zero-order chi connectivity index (χ0) is 22.4. The average Bonchev–Trinajstić information content (AvgIpc) is 3.46. The first-order valence-corrected chi connectivity index (χ1v) is 10.9. The maximum atomic E-state index is 12.9. The molecular weight excluding hydrogens is 408 g/mol. The molecule has 1 aliphatic heterocycles. The molecule has 7 nitrogen and oxygen atoms in total. The van der Waals surface area contributed by atoms with E-state index in [0.29, 0.717) is 23.2 Å². The number of hydrogen-bond acceptors (Lipinski definition) is 5. The molecule has 0 aromatic heterocycles. The van der Waals surface area contributed by atoms with Gasteiger partial charge < -0.3 is 10.1 Å². The Kier molecular flexibility index (Phi) is 5.04. The largest absolute Gasteiger partial charge is 0.452 e. The molecule has 0 spiro atoms. The highest BCUT2D eigenvalue weighted by Gasteiger charge is 2.61. The van der Waals surface area contributed by atoms with Crippen LogP contribution < -0.4 is 10.2 Å². The van der Waals surface area contributed by atoms with Gasteiger partial charge >= 0.3 is 5.97 Å². The molecule has 3 fully saturated rings. The fourth-order valence-corrected chi connectivity index (χ4v) is 5.54. The SMILES string of the molecule is Cc1cccc(NC(=O)COC(=O)c2ccc(N3C(=O)[C@@H]4[C@H]5CC[C@@H](C5)[C@@H]4C3=O)cc2)c1. The van der Waals surface area contributed by atoms with Gasteiger partial charge in [0.15, 0.2) is 6.61 Å². The van der Waals surface area contributed by atoms with Gasteiger partial charge in [-0.05, 0) is 80.0 Å². The number of carbonyl (C=O) groups is 4. The summed E-state index contributed by atoms with van der Waals surface area (Å²) in [6, 6.07) is 13.5. The normalized spacial score (nSPS) is 25.7. The molecule has 3 aliphatic rings. The lowest BCUT2D eigenvalue weighted by atomic mass is 9.81. The van der Waals surface area contributed by atoms with Crippen molar-refractivity contribution in [1.82, 2.24) is 0 Å². The Balaban J connectivity index is 1.20. The van der Waals surface area contributed by atoms with Gasteiger partial charge in [0, 0.05) is 5.69 Å². The molecule has 1 heterocycles. The van der Waals surface area contributed by atoms with Crippen LogP contribution in [0, 0.1) is 30.6 Å². The van der Waals surface area contributed by atoms with Gasteiger partial charge in [0.05, 0.1) is 23.1 Å². The van der Waals surface area contributed by atoms with E-state index in [1.807, 2.05) is 25.1 Å². The van der Waals surface area contributed by atoms with Crippen molar-refractivity contribution in [3.63, 3.8) is 0 Å². The van der Waals surface area contributed by atoms with Crippen molar-refractivity contribution < 1.29 is 23.9 Å². The standard InChI is InChI=1S/C25H24N2O5/c1-14-3-2-4-18(11-14)26-20(28)13-32-25(31)15-7-9-19(10-8-15)27-23(29)21-16-5-6-17(12-16)22(21)24(27)30/h2-4,7-11,16-17,21-22H,5-6,12-13H2,1H3,(H,26,28)/t16-,17-,21-,22+/m0/s1. The molecule has 7 heteroatoms. The van der Waals surface area contributed by atoms with Crippen LogP contribution in [0.15, 0.2) is 48.5 Å². The Morgan fingerprint density at radius 3 is 2.28 bits per heavy atom. The topological polar surface area (TPSA) is 92.8 Å². The Labute approximate surface area is 185 Å². The smallest absolute Gasteiger partial charge is 0.338 e. The molecule has 0 unspecified atom stereocenters. The van der Waals surface area contributed by atoms with E-state index < -0.39 is 18.5 Å². The van der Waals surface area contributed by atoms with E-state index in [2.05, 4.69) is 5.32 Å². The lowest BCUT2D eigenvalue weighted by molar-refractivity contribution is -0.123. The second kappa shape index (κ2) is 7.89. The highest BCUT2D eigenvalue weighted by atomic mass is 16.5. The summed E-state index contributed by atoms with van der Waals surface area (Å²) in [5, 5.41) is 2.68. The van der Waals surface area contributed by atoms with Crippen molar-refractivity contribution >= 4 is 35.1 Å². The van der Waals surface area contributed by atoms with E-state index >= 15 is 0 Å². The highest BCUT2D eigenvalue weighted by molar-refractivity contribution is 6.22. The zero-order valence-corrected chi connectivity index (χ0v) is 17.7. The summed E-state index contributed by atoms with van der Waals surface area (Å²) in [7, 11) is 0. The molecule has 2 bridgehead atoms. The van der Waals surface area contributed by atoms with Crippen molar-refractivity contribution in [1.29, 1.82) is 0 Å². The molecule has 32 heavy (non-hydrogen) atoms. The summed E-state index contributed by atoms with van der Waals surface area (Å²) in [6.07, 6.45) is 3.05. The number of aryl methyl sites for hydroxylation is 1. The maximum Gasteiger partial charge on any atom is 0.338 e. The Bertz CT molecular complexity index is 1080. The number of hydrogen-bond donors (Lipinski definition) is 1. The van der Waals surface area contributed by atoms with Crippen LogP contribution in [0.1, 0.15) is 35.2 Å². The fourth-order valence-electron chi connectivity index (χ4n) is 5.54. The number of nitrogens with zero attached hydrogens (tertiary/aromatic N) is 1. The first-order chi connectivity index (χ1) is 15.4. The summed E-state index contributed by atoms with van der Waals surface area (Å²) in [4.78, 5) is 51.5. The predicted molar refractivity (Wildman–Crippen MR) is 117 cm³/mol. The van der Waals surface area contributed by atoms with Gasteiger partial charge in [0.25, 0.3) is 5.91 Å². The van der Waals surface area contributed by atoms with Gasteiger partial charge in [-0.3, -0.25) is 19.3 Å². The van der Waals surface area contributed by atoms with Gasteiger partial charge in [-0.2, -0.15) is 0 Å². The van der Waals surface area contributed by atoms with Gasteiger partial charge in [-0.15, -0.1) is 0 Å². The van der Waals surface area contributed by atoms with Gasteiger partial charge in [-0.1, -0.05) is 12.1 Å². The number of nitrogens with one attached hydrogen (secondary N) is 1. The minimum Gasteiger partial charge on any atom is -0.452 e. The van der Waals surface area contributed by atoms with Crippen LogP contribution in [-0.2, 0) is 19.1 Å². The third-order valence-electron chi connectivity index (χ3n) is 6.92. The van der Waals surface area contributed by atoms with Crippen LogP contribution in [0.2, 0.25) is 0 Å². The number of rotatable bonds is 5. The van der Waals surface area contributed by atoms with Gasteiger partial charge in [-0.25, -0.2) is 4.79 Å². The first-order valence-electron chi connectivity index (χ1n) is 10.9. The summed E-state index contributed by atoms with van der Waals surface area (Å²) in [5.74, 6) is -1.03. The van der Waals surface area contributed by atoms with E-state index in [0.717, 1.165) is 24.8 Å². The second-order valence-corrected chi connectivity index (χ2v) is 8.94. The summed E-state index contributed by atoms with van der Waals surface area (Å²) in [5.41, 5.74) is 2.36. The minimum atomic E-state index is -0.648. The van der Waals surface area contributed by atoms with Gasteiger partial charge in [0.1, 0.15) is 0 Å². The molecule has 2 aromatic rings. The molecule has 1 N–H and O–H groups in total. The van der Waals surface area contributed by atoms with Crippen LogP contribution in [-0.4, -0.2) is 30.3 Å². The van der Waals surface area contributed by atoms with Crippen molar-refractivity contribution in [3.8, 4) is 0 Å². The molecule has 0 radical (unpaired) electrons. The third-order valence-corrected chi connectivity index (χ3v) is 6.92. The van der Waals surface area contributed by atoms with Crippen LogP contribution in [0.3, 0.4) is 0 Å². The van der Waals surface area contributed by atoms with Crippen molar-refractivity contribution in [2.75, 3.05) is 16.8 Å². The molecule has 2 aromatic carbocycles. The molecule has 1 saturated heterocycles.